The monoisotopic (exact) mass is 370 g/mol. The van der Waals surface area contributed by atoms with Crippen molar-refractivity contribution >= 4 is 0 Å². The Labute approximate surface area is 161 Å². The van der Waals surface area contributed by atoms with Crippen molar-refractivity contribution in [2.45, 2.75) is 71.3 Å². The summed E-state index contributed by atoms with van der Waals surface area (Å²) in [4.78, 5) is 7.45. The van der Waals surface area contributed by atoms with Crippen LogP contribution in [0.5, 0.6) is 0 Å². The van der Waals surface area contributed by atoms with Crippen molar-refractivity contribution in [3.63, 3.8) is 0 Å². The molecule has 0 atom stereocenters. The molecule has 0 bridgehead atoms. The van der Waals surface area contributed by atoms with Gasteiger partial charge < -0.3 is 0 Å². The maximum absolute atomic E-state index is 13.4. The third-order valence-electron chi connectivity index (χ3n) is 6.29. The average Bonchev–Trinajstić information content (AvgIpc) is 3.09. The molecule has 2 aromatic rings. The number of halogens is 1. The summed E-state index contributed by atoms with van der Waals surface area (Å²) < 4.78 is 15.4. The summed E-state index contributed by atoms with van der Waals surface area (Å²) in [5.74, 6) is 2.22. The Morgan fingerprint density at radius 2 is 1.70 bits per heavy atom. The quantitative estimate of drug-likeness (QED) is 0.753. The molecule has 1 aliphatic heterocycles. The van der Waals surface area contributed by atoms with Crippen LogP contribution in [0, 0.1) is 11.2 Å². The number of piperidine rings is 1. The van der Waals surface area contributed by atoms with E-state index in [1.165, 1.54) is 57.1 Å². The largest absolute Gasteiger partial charge is 0.296 e. The van der Waals surface area contributed by atoms with Gasteiger partial charge in [0.05, 0.1) is 12.2 Å². The Morgan fingerprint density at radius 1 is 1.04 bits per heavy atom. The molecule has 5 heteroatoms. The van der Waals surface area contributed by atoms with Crippen molar-refractivity contribution in [1.29, 1.82) is 0 Å². The second kappa shape index (κ2) is 7.70. The molecular formula is C22H31FN4. The van der Waals surface area contributed by atoms with Gasteiger partial charge in [-0.3, -0.25) is 4.90 Å². The highest BCUT2D eigenvalue weighted by atomic mass is 19.1. The van der Waals surface area contributed by atoms with E-state index < -0.39 is 0 Å². The predicted octanol–water partition coefficient (Wildman–Crippen LogP) is 5.08. The van der Waals surface area contributed by atoms with Crippen molar-refractivity contribution in [3.05, 3.63) is 41.7 Å². The van der Waals surface area contributed by atoms with Crippen LogP contribution in [0.15, 0.2) is 24.3 Å². The van der Waals surface area contributed by atoms with E-state index in [-0.39, 0.29) is 5.82 Å². The Hall–Kier alpha value is -1.75. The molecule has 0 N–H and O–H groups in total. The standard InChI is InChI=1S/C22H31FN4/c1-22(2)12-14-26(15-13-22)16-20-24-21(17-6-4-3-5-7-17)27(25-20)19-10-8-18(23)9-11-19/h8-11,17H,3-7,12-16H2,1-2H3. The maximum Gasteiger partial charge on any atom is 0.165 e. The smallest absolute Gasteiger partial charge is 0.165 e. The Balaban J connectivity index is 1.58. The lowest BCUT2D eigenvalue weighted by molar-refractivity contribution is 0.124. The number of aromatic nitrogens is 3. The summed E-state index contributed by atoms with van der Waals surface area (Å²) in [6, 6.07) is 6.63. The highest BCUT2D eigenvalue weighted by Crippen LogP contribution is 2.33. The summed E-state index contributed by atoms with van der Waals surface area (Å²) >= 11 is 0. The SMILES string of the molecule is CC1(C)CCN(Cc2nc(C3CCCCC3)n(-c3ccc(F)cc3)n2)CC1. The highest BCUT2D eigenvalue weighted by Gasteiger charge is 2.27. The van der Waals surface area contributed by atoms with E-state index in [0.29, 0.717) is 11.3 Å². The third-order valence-corrected chi connectivity index (χ3v) is 6.29. The van der Waals surface area contributed by atoms with Crippen molar-refractivity contribution < 1.29 is 4.39 Å². The van der Waals surface area contributed by atoms with Crippen molar-refractivity contribution in [1.82, 2.24) is 19.7 Å². The maximum atomic E-state index is 13.4. The van der Waals surface area contributed by atoms with Gasteiger partial charge in [0.1, 0.15) is 11.6 Å². The normalized spacial score (nSPS) is 21.4. The molecule has 0 radical (unpaired) electrons. The number of likely N-dealkylation sites (tertiary alicyclic amines) is 1. The minimum atomic E-state index is -0.214. The first-order valence-corrected chi connectivity index (χ1v) is 10.4. The van der Waals surface area contributed by atoms with Gasteiger partial charge in [0.15, 0.2) is 5.82 Å². The van der Waals surface area contributed by atoms with Crippen LogP contribution >= 0.6 is 0 Å². The van der Waals surface area contributed by atoms with E-state index in [0.717, 1.165) is 37.0 Å². The Bertz CT molecular complexity index is 749. The third kappa shape index (κ3) is 4.40. The molecule has 1 aromatic carbocycles. The molecule has 2 aliphatic rings. The van der Waals surface area contributed by atoms with Gasteiger partial charge in [0.25, 0.3) is 0 Å². The fraction of sp³-hybridized carbons (Fsp3) is 0.636. The molecule has 146 valence electrons. The first kappa shape index (κ1) is 18.6. The molecule has 1 aliphatic carbocycles. The zero-order valence-corrected chi connectivity index (χ0v) is 16.6. The summed E-state index contributed by atoms with van der Waals surface area (Å²) in [6.45, 7) is 7.73. The van der Waals surface area contributed by atoms with Crippen molar-refractivity contribution in [2.24, 2.45) is 5.41 Å². The zero-order chi connectivity index (χ0) is 18.9. The Morgan fingerprint density at radius 3 is 2.37 bits per heavy atom. The molecule has 4 nitrogen and oxygen atoms in total. The second-order valence-corrected chi connectivity index (χ2v) is 9.05. The summed E-state index contributed by atoms with van der Waals surface area (Å²) in [5.41, 5.74) is 1.36. The number of benzene rings is 1. The fourth-order valence-corrected chi connectivity index (χ4v) is 4.35. The summed E-state index contributed by atoms with van der Waals surface area (Å²) in [5, 5.41) is 4.86. The summed E-state index contributed by atoms with van der Waals surface area (Å²) in [7, 11) is 0. The number of rotatable bonds is 4. The summed E-state index contributed by atoms with van der Waals surface area (Å²) in [6.07, 6.45) is 8.64. The zero-order valence-electron chi connectivity index (χ0n) is 16.6. The lowest BCUT2D eigenvalue weighted by Gasteiger charge is -2.36. The molecule has 2 heterocycles. The number of hydrogen-bond donors (Lipinski definition) is 0. The lowest BCUT2D eigenvalue weighted by atomic mass is 9.83. The van der Waals surface area contributed by atoms with Crippen LogP contribution in [-0.4, -0.2) is 32.8 Å². The molecule has 1 saturated heterocycles. The Kier molecular flexibility index (Phi) is 5.31. The van der Waals surface area contributed by atoms with Crippen LogP contribution in [-0.2, 0) is 6.54 Å². The van der Waals surface area contributed by atoms with E-state index in [4.69, 9.17) is 10.1 Å². The first-order chi connectivity index (χ1) is 13.0. The van der Waals surface area contributed by atoms with E-state index in [2.05, 4.69) is 18.7 Å². The minimum Gasteiger partial charge on any atom is -0.296 e. The molecule has 0 spiro atoms. The van der Waals surface area contributed by atoms with Crippen LogP contribution in [0.4, 0.5) is 4.39 Å². The van der Waals surface area contributed by atoms with E-state index in [1.807, 2.05) is 16.8 Å². The van der Waals surface area contributed by atoms with Crippen LogP contribution in [0.1, 0.15) is 76.4 Å². The van der Waals surface area contributed by atoms with E-state index in [1.54, 1.807) is 0 Å². The predicted molar refractivity (Wildman–Crippen MR) is 105 cm³/mol. The van der Waals surface area contributed by atoms with Gasteiger partial charge in [0.2, 0.25) is 0 Å². The fourth-order valence-electron chi connectivity index (χ4n) is 4.35. The minimum absolute atomic E-state index is 0.214. The molecule has 27 heavy (non-hydrogen) atoms. The number of hydrogen-bond acceptors (Lipinski definition) is 3. The lowest BCUT2D eigenvalue weighted by Crippen LogP contribution is -2.37. The second-order valence-electron chi connectivity index (χ2n) is 9.05. The molecule has 4 rings (SSSR count). The van der Waals surface area contributed by atoms with E-state index >= 15 is 0 Å². The van der Waals surface area contributed by atoms with Gasteiger partial charge in [-0.2, -0.15) is 0 Å². The molecule has 0 amide bonds. The van der Waals surface area contributed by atoms with Gasteiger partial charge in [-0.25, -0.2) is 14.1 Å². The van der Waals surface area contributed by atoms with Crippen LogP contribution in [0.2, 0.25) is 0 Å². The van der Waals surface area contributed by atoms with Gasteiger partial charge in [-0.1, -0.05) is 33.1 Å². The topological polar surface area (TPSA) is 34.0 Å². The van der Waals surface area contributed by atoms with Gasteiger partial charge in [-0.05, 0) is 68.5 Å². The molecule has 0 unspecified atom stereocenters. The van der Waals surface area contributed by atoms with Crippen molar-refractivity contribution in [2.75, 3.05) is 13.1 Å². The van der Waals surface area contributed by atoms with Crippen LogP contribution in [0.25, 0.3) is 5.69 Å². The van der Waals surface area contributed by atoms with E-state index in [9.17, 15) is 4.39 Å². The highest BCUT2D eigenvalue weighted by molar-refractivity contribution is 5.32. The van der Waals surface area contributed by atoms with Crippen LogP contribution in [0.3, 0.4) is 0 Å². The molecule has 2 fully saturated rings. The first-order valence-electron chi connectivity index (χ1n) is 10.4. The molecule has 1 saturated carbocycles. The molecular weight excluding hydrogens is 339 g/mol. The van der Waals surface area contributed by atoms with Crippen molar-refractivity contribution in [3.8, 4) is 5.69 Å². The van der Waals surface area contributed by atoms with Gasteiger partial charge >= 0.3 is 0 Å². The van der Waals surface area contributed by atoms with Gasteiger partial charge in [0, 0.05) is 5.92 Å². The molecule has 1 aromatic heterocycles. The number of nitrogens with zero attached hydrogens (tertiary/aromatic N) is 4. The van der Waals surface area contributed by atoms with Gasteiger partial charge in [-0.15, -0.1) is 5.10 Å². The van der Waals surface area contributed by atoms with Crippen LogP contribution < -0.4 is 0 Å². The average molecular weight is 371 g/mol.